The van der Waals surface area contributed by atoms with Crippen LogP contribution in [0.2, 0.25) is 5.02 Å². The molecule has 224 valence electrons. The lowest BCUT2D eigenvalue weighted by Gasteiger charge is -2.45. The van der Waals surface area contributed by atoms with Crippen molar-refractivity contribution < 1.29 is 37.8 Å². The standard InChI is InChI=1S/C29H26ClF2N5O6/c1-36(28(41)42)19-7-3-16(4-8-19)25(38)34-22(13-18-6-5-17(31)14-33-18)26(39)37-12-2-11-29(15-37)23-21(35-27(40)43-29)10-9-20(30)24(23)32/h3-10,14,22H,2,11-13,15H2,1H3,(H,34,38)(H,35,40)(H,41,42)/t22-,29-/m0/s1. The topological polar surface area (TPSA) is 141 Å². The molecular weight excluding hydrogens is 588 g/mol. The van der Waals surface area contributed by atoms with Gasteiger partial charge in [0.2, 0.25) is 5.91 Å². The Morgan fingerprint density at radius 2 is 1.93 bits per heavy atom. The maximum atomic E-state index is 15.3. The van der Waals surface area contributed by atoms with Gasteiger partial charge in [0.25, 0.3) is 5.91 Å². The van der Waals surface area contributed by atoms with Gasteiger partial charge in [0.15, 0.2) is 11.4 Å². The Bertz CT molecular complexity index is 1590. The van der Waals surface area contributed by atoms with Gasteiger partial charge < -0.3 is 20.1 Å². The first-order valence-corrected chi connectivity index (χ1v) is 13.6. The summed E-state index contributed by atoms with van der Waals surface area (Å²) in [7, 11) is 1.35. The lowest BCUT2D eigenvalue weighted by Crippen LogP contribution is -2.58. The zero-order valence-electron chi connectivity index (χ0n) is 22.8. The molecule has 0 unspecified atom stereocenters. The number of benzene rings is 2. The van der Waals surface area contributed by atoms with Crippen LogP contribution in [-0.4, -0.2) is 65.2 Å². The number of amides is 4. The van der Waals surface area contributed by atoms with E-state index in [9.17, 15) is 28.7 Å². The number of nitrogens with one attached hydrogen (secondary N) is 2. The highest BCUT2D eigenvalue weighted by Crippen LogP contribution is 2.45. The number of anilines is 2. The highest BCUT2D eigenvalue weighted by Gasteiger charge is 2.49. The average molecular weight is 614 g/mol. The predicted octanol–water partition coefficient (Wildman–Crippen LogP) is 4.55. The van der Waals surface area contributed by atoms with E-state index in [2.05, 4.69) is 15.6 Å². The van der Waals surface area contributed by atoms with Crippen LogP contribution in [0.25, 0.3) is 0 Å². The van der Waals surface area contributed by atoms with Crippen molar-refractivity contribution in [2.45, 2.75) is 30.9 Å². The van der Waals surface area contributed by atoms with Crippen molar-refractivity contribution in [1.29, 1.82) is 0 Å². The Balaban J connectivity index is 1.43. The van der Waals surface area contributed by atoms with Crippen LogP contribution in [0.3, 0.4) is 0 Å². The van der Waals surface area contributed by atoms with Crippen molar-refractivity contribution in [3.63, 3.8) is 0 Å². The van der Waals surface area contributed by atoms with E-state index in [0.29, 0.717) is 17.8 Å². The van der Waals surface area contributed by atoms with Gasteiger partial charge in [-0.1, -0.05) is 11.6 Å². The molecule has 0 bridgehead atoms. The molecular formula is C29H26ClF2N5O6. The van der Waals surface area contributed by atoms with E-state index < -0.39 is 47.3 Å². The van der Waals surface area contributed by atoms with Crippen LogP contribution in [0.4, 0.5) is 29.7 Å². The van der Waals surface area contributed by atoms with Crippen molar-refractivity contribution in [3.8, 4) is 0 Å². The molecule has 14 heteroatoms. The van der Waals surface area contributed by atoms with Crippen molar-refractivity contribution in [3.05, 3.63) is 88.2 Å². The smallest absolute Gasteiger partial charge is 0.412 e. The molecule has 5 rings (SSSR count). The number of carbonyl (C=O) groups is 4. The fourth-order valence-electron chi connectivity index (χ4n) is 5.31. The lowest BCUT2D eigenvalue weighted by molar-refractivity contribution is -0.141. The van der Waals surface area contributed by atoms with Gasteiger partial charge >= 0.3 is 12.2 Å². The molecule has 11 nitrogen and oxygen atoms in total. The first kappa shape index (κ1) is 29.7. The second-order valence-electron chi connectivity index (χ2n) is 10.2. The maximum absolute atomic E-state index is 15.3. The van der Waals surface area contributed by atoms with Gasteiger partial charge in [-0.05, 0) is 61.4 Å². The fourth-order valence-corrected chi connectivity index (χ4v) is 5.46. The van der Waals surface area contributed by atoms with Crippen LogP contribution in [0.1, 0.15) is 34.5 Å². The van der Waals surface area contributed by atoms with Crippen molar-refractivity contribution in [1.82, 2.24) is 15.2 Å². The summed E-state index contributed by atoms with van der Waals surface area (Å²) >= 11 is 6.06. The molecule has 1 aromatic heterocycles. The second kappa shape index (κ2) is 11.8. The molecule has 1 spiro atoms. The molecule has 3 heterocycles. The zero-order valence-corrected chi connectivity index (χ0v) is 23.5. The summed E-state index contributed by atoms with van der Waals surface area (Å²) in [6.45, 7) is 0.0193. The molecule has 0 saturated carbocycles. The minimum absolute atomic E-state index is 0.0318. The zero-order chi connectivity index (χ0) is 30.9. The number of carbonyl (C=O) groups excluding carboxylic acids is 3. The quantitative estimate of drug-likeness (QED) is 0.370. The summed E-state index contributed by atoms with van der Waals surface area (Å²) < 4.78 is 34.5. The van der Waals surface area contributed by atoms with E-state index >= 15 is 4.39 Å². The Kier molecular flexibility index (Phi) is 8.18. The maximum Gasteiger partial charge on any atom is 0.412 e. The van der Waals surface area contributed by atoms with Crippen LogP contribution in [0.15, 0.2) is 54.7 Å². The molecule has 1 saturated heterocycles. The molecule has 2 atom stereocenters. The minimum atomic E-state index is -1.52. The molecule has 3 N–H and O–H groups in total. The third-order valence-corrected chi connectivity index (χ3v) is 7.74. The van der Waals surface area contributed by atoms with Gasteiger partial charge in [-0.3, -0.25) is 24.8 Å². The number of likely N-dealkylation sites (tertiary alicyclic amines) is 1. The Morgan fingerprint density at radius 3 is 2.60 bits per heavy atom. The molecule has 43 heavy (non-hydrogen) atoms. The van der Waals surface area contributed by atoms with Gasteiger partial charge in [0, 0.05) is 37.0 Å². The molecule has 0 aliphatic carbocycles. The van der Waals surface area contributed by atoms with Gasteiger partial charge in [0.05, 0.1) is 29.0 Å². The SMILES string of the molecule is CN(C(=O)O)c1ccc(C(=O)N[C@@H](Cc2ccc(F)cn2)C(=O)N2CCC[C@@]3(C2)OC(=O)Nc2ccc(Cl)c(F)c23)cc1. The number of fused-ring (bicyclic) bond motifs is 2. The fraction of sp³-hybridized carbons (Fsp3) is 0.276. The van der Waals surface area contributed by atoms with Crippen LogP contribution >= 0.6 is 11.6 Å². The van der Waals surface area contributed by atoms with Crippen molar-refractivity contribution in [2.24, 2.45) is 0 Å². The van der Waals surface area contributed by atoms with Crippen LogP contribution < -0.4 is 15.5 Å². The van der Waals surface area contributed by atoms with Crippen molar-refractivity contribution >= 4 is 47.0 Å². The number of nitrogens with zero attached hydrogens (tertiary/aromatic N) is 3. The number of aromatic nitrogens is 1. The van der Waals surface area contributed by atoms with E-state index in [0.717, 1.165) is 11.1 Å². The number of halogens is 3. The molecule has 3 aromatic rings. The van der Waals surface area contributed by atoms with E-state index in [4.69, 9.17) is 16.3 Å². The van der Waals surface area contributed by atoms with Gasteiger partial charge in [-0.2, -0.15) is 0 Å². The Labute approximate surface area is 249 Å². The Hall–Kier alpha value is -4.78. The third-order valence-electron chi connectivity index (χ3n) is 7.45. The van der Waals surface area contributed by atoms with Crippen LogP contribution in [0.5, 0.6) is 0 Å². The summed E-state index contributed by atoms with van der Waals surface area (Å²) in [4.78, 5) is 57.3. The Morgan fingerprint density at radius 1 is 1.19 bits per heavy atom. The van der Waals surface area contributed by atoms with Crippen LogP contribution in [0, 0.1) is 11.6 Å². The summed E-state index contributed by atoms with van der Waals surface area (Å²) in [6, 6.07) is 9.86. The minimum Gasteiger partial charge on any atom is -0.465 e. The van der Waals surface area contributed by atoms with Crippen LogP contribution in [-0.2, 0) is 21.6 Å². The van der Waals surface area contributed by atoms with Gasteiger partial charge in [-0.15, -0.1) is 0 Å². The first-order valence-electron chi connectivity index (χ1n) is 13.2. The molecule has 2 aromatic carbocycles. The lowest BCUT2D eigenvalue weighted by atomic mass is 9.82. The number of rotatable bonds is 6. The summed E-state index contributed by atoms with van der Waals surface area (Å²) in [6.07, 6.45) is -0.532. The molecule has 4 amide bonds. The van der Waals surface area contributed by atoms with E-state index in [1.807, 2.05) is 0 Å². The molecule has 2 aliphatic heterocycles. The van der Waals surface area contributed by atoms with Crippen molar-refractivity contribution in [2.75, 3.05) is 30.4 Å². The largest absolute Gasteiger partial charge is 0.465 e. The predicted molar refractivity (Wildman–Crippen MR) is 151 cm³/mol. The molecule has 1 fully saturated rings. The van der Waals surface area contributed by atoms with E-state index in [-0.39, 0.29) is 47.8 Å². The number of pyridine rings is 1. The van der Waals surface area contributed by atoms with Gasteiger partial charge in [0.1, 0.15) is 11.9 Å². The number of hydrogen-bond acceptors (Lipinski definition) is 6. The number of ether oxygens (including phenoxy) is 1. The average Bonchev–Trinajstić information content (AvgIpc) is 2.98. The third kappa shape index (κ3) is 6.07. The summed E-state index contributed by atoms with van der Waals surface area (Å²) in [5.74, 6) is -2.54. The van der Waals surface area contributed by atoms with E-state index in [1.165, 1.54) is 60.5 Å². The summed E-state index contributed by atoms with van der Waals surface area (Å²) in [5, 5.41) is 14.2. The van der Waals surface area contributed by atoms with E-state index in [1.54, 1.807) is 0 Å². The second-order valence-corrected chi connectivity index (χ2v) is 10.6. The highest BCUT2D eigenvalue weighted by atomic mass is 35.5. The normalized spacial score (nSPS) is 18.2. The monoisotopic (exact) mass is 613 g/mol. The highest BCUT2D eigenvalue weighted by molar-refractivity contribution is 6.31. The number of hydrogen-bond donors (Lipinski definition) is 3. The number of carboxylic acid groups (broad SMARTS) is 1. The molecule has 0 radical (unpaired) electrons. The van der Waals surface area contributed by atoms with Gasteiger partial charge in [-0.25, -0.2) is 18.4 Å². The molecule has 2 aliphatic rings. The number of piperidine rings is 1. The first-order chi connectivity index (χ1) is 20.5. The summed E-state index contributed by atoms with van der Waals surface area (Å²) in [5.41, 5.74) is -0.499.